The van der Waals surface area contributed by atoms with Crippen LogP contribution in [0.3, 0.4) is 0 Å². The van der Waals surface area contributed by atoms with Crippen LogP contribution in [0.25, 0.3) is 11.3 Å². The van der Waals surface area contributed by atoms with E-state index in [4.69, 9.17) is 5.73 Å². The van der Waals surface area contributed by atoms with Gasteiger partial charge in [0.2, 0.25) is 0 Å². The molecule has 0 saturated carbocycles. The average Bonchev–Trinajstić information content (AvgIpc) is 2.64. The van der Waals surface area contributed by atoms with Gasteiger partial charge in [-0.25, -0.2) is 0 Å². The summed E-state index contributed by atoms with van der Waals surface area (Å²) in [6.45, 7) is 4.09. The van der Waals surface area contributed by atoms with E-state index >= 15 is 0 Å². The van der Waals surface area contributed by atoms with E-state index in [2.05, 4.69) is 10.2 Å². The first-order valence-corrected chi connectivity index (χ1v) is 5.51. The molecule has 2 aromatic heterocycles. The van der Waals surface area contributed by atoms with Gasteiger partial charge in [0, 0.05) is 30.4 Å². The molecular formula is C12H16N4O. The van der Waals surface area contributed by atoms with Crippen LogP contribution in [0.15, 0.2) is 23.1 Å². The molecule has 90 valence electrons. The van der Waals surface area contributed by atoms with Crippen molar-refractivity contribution in [2.45, 2.75) is 19.8 Å². The Hall–Kier alpha value is -2.04. The number of nitrogens with zero attached hydrogens (tertiary/aromatic N) is 2. The number of H-pyrrole nitrogens is 1. The highest BCUT2D eigenvalue weighted by Crippen LogP contribution is 2.30. The number of rotatable bonds is 2. The molecule has 0 amide bonds. The minimum Gasteiger partial charge on any atom is -0.382 e. The fourth-order valence-electron chi connectivity index (χ4n) is 1.87. The van der Waals surface area contributed by atoms with E-state index in [-0.39, 0.29) is 11.5 Å². The van der Waals surface area contributed by atoms with E-state index < -0.39 is 0 Å². The molecule has 0 bridgehead atoms. The van der Waals surface area contributed by atoms with Crippen molar-refractivity contribution in [3.05, 3.63) is 34.2 Å². The molecule has 2 aromatic rings. The van der Waals surface area contributed by atoms with E-state index in [9.17, 15) is 4.79 Å². The van der Waals surface area contributed by atoms with Gasteiger partial charge in [0.25, 0.3) is 5.56 Å². The number of nitrogen functional groups attached to an aromatic ring is 1. The lowest BCUT2D eigenvalue weighted by atomic mass is 9.99. The van der Waals surface area contributed by atoms with Crippen LogP contribution in [0.1, 0.15) is 25.3 Å². The first-order valence-electron chi connectivity index (χ1n) is 5.51. The summed E-state index contributed by atoms with van der Waals surface area (Å²) in [7, 11) is 1.72. The maximum atomic E-state index is 11.6. The first kappa shape index (κ1) is 11.4. The Labute approximate surface area is 99.3 Å². The molecule has 5 heteroatoms. The van der Waals surface area contributed by atoms with Gasteiger partial charge in [0.15, 0.2) is 0 Å². The van der Waals surface area contributed by atoms with E-state index in [1.54, 1.807) is 19.3 Å². The summed E-state index contributed by atoms with van der Waals surface area (Å²) in [6.07, 6.45) is 1.73. The van der Waals surface area contributed by atoms with Crippen LogP contribution in [0.5, 0.6) is 0 Å². The standard InChI is InChI=1S/C12H16N4O/c1-7(2)10-11(14-15-12(10)13)8-4-5-16(3)9(17)6-8/h4-7H,1-3H3,(H3,13,14,15). The predicted octanol–water partition coefficient (Wildman–Crippen LogP) is 1.48. The van der Waals surface area contributed by atoms with Gasteiger partial charge in [-0.3, -0.25) is 9.89 Å². The summed E-state index contributed by atoms with van der Waals surface area (Å²) in [5, 5.41) is 6.91. The molecular weight excluding hydrogens is 216 g/mol. The smallest absolute Gasteiger partial charge is 0.250 e. The third-order valence-corrected chi connectivity index (χ3v) is 2.80. The zero-order chi connectivity index (χ0) is 12.6. The second-order valence-corrected chi connectivity index (χ2v) is 4.42. The fraction of sp³-hybridized carbons (Fsp3) is 0.333. The first-order chi connectivity index (χ1) is 8.00. The molecule has 0 aliphatic rings. The van der Waals surface area contributed by atoms with Gasteiger partial charge in [0.1, 0.15) is 5.82 Å². The summed E-state index contributed by atoms with van der Waals surface area (Å²) in [5.74, 6) is 0.753. The van der Waals surface area contributed by atoms with Crippen LogP contribution in [0.2, 0.25) is 0 Å². The number of nitrogens with two attached hydrogens (primary N) is 1. The third kappa shape index (κ3) is 1.95. The molecule has 0 aromatic carbocycles. The van der Waals surface area contributed by atoms with Crippen LogP contribution >= 0.6 is 0 Å². The maximum Gasteiger partial charge on any atom is 0.250 e. The highest BCUT2D eigenvalue weighted by atomic mass is 16.1. The van der Waals surface area contributed by atoms with Crippen LogP contribution in [0, 0.1) is 0 Å². The lowest BCUT2D eigenvalue weighted by Gasteiger charge is -2.07. The van der Waals surface area contributed by atoms with Crippen LogP contribution in [-0.4, -0.2) is 14.8 Å². The molecule has 0 aliphatic heterocycles. The Morgan fingerprint density at radius 2 is 2.18 bits per heavy atom. The monoisotopic (exact) mass is 232 g/mol. The zero-order valence-corrected chi connectivity index (χ0v) is 10.2. The number of aryl methyl sites for hydroxylation is 1. The van der Waals surface area contributed by atoms with Gasteiger partial charge in [-0.1, -0.05) is 13.8 Å². The summed E-state index contributed by atoms with van der Waals surface area (Å²) < 4.78 is 1.53. The number of nitrogens with one attached hydrogen (secondary N) is 1. The van der Waals surface area contributed by atoms with Gasteiger partial charge in [-0.05, 0) is 12.0 Å². The van der Waals surface area contributed by atoms with Crippen LogP contribution < -0.4 is 11.3 Å². The number of pyridine rings is 1. The number of aromatic amines is 1. The number of hydrogen-bond donors (Lipinski definition) is 2. The minimum absolute atomic E-state index is 0.0506. The average molecular weight is 232 g/mol. The number of hydrogen-bond acceptors (Lipinski definition) is 3. The van der Waals surface area contributed by atoms with Gasteiger partial charge >= 0.3 is 0 Å². The van der Waals surface area contributed by atoms with Crippen molar-refractivity contribution in [1.82, 2.24) is 14.8 Å². The van der Waals surface area contributed by atoms with Gasteiger partial charge < -0.3 is 10.3 Å². The molecule has 2 heterocycles. The molecule has 0 unspecified atom stereocenters. The molecule has 0 fully saturated rings. The second-order valence-electron chi connectivity index (χ2n) is 4.42. The quantitative estimate of drug-likeness (QED) is 0.823. The Morgan fingerprint density at radius 3 is 2.76 bits per heavy atom. The summed E-state index contributed by atoms with van der Waals surface area (Å²) >= 11 is 0. The molecule has 2 rings (SSSR count). The lowest BCUT2D eigenvalue weighted by Crippen LogP contribution is -2.14. The summed E-state index contributed by atoms with van der Waals surface area (Å²) in [4.78, 5) is 11.6. The fourth-order valence-corrected chi connectivity index (χ4v) is 1.87. The highest BCUT2D eigenvalue weighted by Gasteiger charge is 2.15. The molecule has 0 saturated heterocycles. The molecule has 0 radical (unpaired) electrons. The molecule has 17 heavy (non-hydrogen) atoms. The molecule has 3 N–H and O–H groups in total. The highest BCUT2D eigenvalue weighted by molar-refractivity contribution is 5.68. The Balaban J connectivity index is 2.61. The van der Waals surface area contributed by atoms with Gasteiger partial charge in [-0.2, -0.15) is 5.10 Å². The Morgan fingerprint density at radius 1 is 1.47 bits per heavy atom. The molecule has 0 aliphatic carbocycles. The zero-order valence-electron chi connectivity index (χ0n) is 10.2. The summed E-state index contributed by atoms with van der Waals surface area (Å²) in [5.41, 5.74) is 8.38. The van der Waals surface area contributed by atoms with Crippen molar-refractivity contribution < 1.29 is 0 Å². The van der Waals surface area contributed by atoms with Crippen molar-refractivity contribution in [3.8, 4) is 11.3 Å². The molecule has 5 nitrogen and oxygen atoms in total. The van der Waals surface area contributed by atoms with Crippen LogP contribution in [0.4, 0.5) is 5.82 Å². The lowest BCUT2D eigenvalue weighted by molar-refractivity contribution is 0.857. The van der Waals surface area contributed by atoms with E-state index in [0.29, 0.717) is 5.82 Å². The minimum atomic E-state index is -0.0506. The number of aromatic nitrogens is 3. The van der Waals surface area contributed by atoms with Crippen molar-refractivity contribution in [3.63, 3.8) is 0 Å². The van der Waals surface area contributed by atoms with E-state index in [1.807, 2.05) is 19.9 Å². The Bertz CT molecular complexity index is 595. The predicted molar refractivity (Wildman–Crippen MR) is 67.8 cm³/mol. The Kier molecular flexibility index (Phi) is 2.75. The SMILES string of the molecule is CC(C)c1c(N)n[nH]c1-c1ccn(C)c(=O)c1. The van der Waals surface area contributed by atoms with Crippen molar-refractivity contribution in [1.29, 1.82) is 0 Å². The topological polar surface area (TPSA) is 76.7 Å². The third-order valence-electron chi connectivity index (χ3n) is 2.80. The largest absolute Gasteiger partial charge is 0.382 e. The van der Waals surface area contributed by atoms with Gasteiger partial charge in [0.05, 0.1) is 5.69 Å². The maximum absolute atomic E-state index is 11.6. The summed E-state index contributed by atoms with van der Waals surface area (Å²) in [6, 6.07) is 3.46. The van der Waals surface area contributed by atoms with E-state index in [0.717, 1.165) is 16.8 Å². The van der Waals surface area contributed by atoms with Crippen molar-refractivity contribution in [2.75, 3.05) is 5.73 Å². The molecule has 0 spiro atoms. The molecule has 0 atom stereocenters. The van der Waals surface area contributed by atoms with Crippen molar-refractivity contribution in [2.24, 2.45) is 7.05 Å². The van der Waals surface area contributed by atoms with Gasteiger partial charge in [-0.15, -0.1) is 0 Å². The second kappa shape index (κ2) is 4.08. The van der Waals surface area contributed by atoms with E-state index in [1.165, 1.54) is 4.57 Å². The number of anilines is 1. The normalized spacial score (nSPS) is 11.1. The van der Waals surface area contributed by atoms with Crippen LogP contribution in [-0.2, 0) is 7.05 Å². The van der Waals surface area contributed by atoms with Crippen molar-refractivity contribution >= 4 is 5.82 Å².